The molecule has 0 N–H and O–H groups in total. The molecule has 1 rings (SSSR count). The van der Waals surface area contributed by atoms with E-state index in [1.54, 1.807) is 0 Å². The van der Waals surface area contributed by atoms with Gasteiger partial charge in [-0.05, 0) is 27.2 Å². The molecule has 1 heterocycles. The van der Waals surface area contributed by atoms with Crippen molar-refractivity contribution in [2.45, 2.75) is 45.8 Å². The highest BCUT2D eigenvalue weighted by molar-refractivity contribution is 5.85. The van der Waals surface area contributed by atoms with Crippen LogP contribution in [0, 0.1) is 0 Å². The number of carbonyl (C=O) groups is 1. The van der Waals surface area contributed by atoms with Crippen LogP contribution in [0.5, 0.6) is 0 Å². The minimum atomic E-state index is -0.178. The van der Waals surface area contributed by atoms with Crippen LogP contribution < -0.4 is 0 Å². The zero-order valence-corrected chi connectivity index (χ0v) is 9.67. The van der Waals surface area contributed by atoms with Crippen LogP contribution in [-0.4, -0.2) is 42.0 Å². The first-order valence-electron chi connectivity index (χ1n) is 5.34. The number of ketones is 1. The highest BCUT2D eigenvalue weighted by Gasteiger charge is 2.29. The monoisotopic (exact) mass is 199 g/mol. The Morgan fingerprint density at radius 2 is 2.14 bits per heavy atom. The molecular formula is C11H21NO2. The highest BCUT2D eigenvalue weighted by Crippen LogP contribution is 2.16. The SMILES string of the molecule is CCC1OCCN(C(C)(C)C)CC1=O. The van der Waals surface area contributed by atoms with Crippen LogP contribution in [0.4, 0.5) is 0 Å². The van der Waals surface area contributed by atoms with Crippen LogP contribution in [-0.2, 0) is 9.53 Å². The summed E-state index contributed by atoms with van der Waals surface area (Å²) in [5.74, 6) is 0.222. The van der Waals surface area contributed by atoms with Crippen molar-refractivity contribution in [3.8, 4) is 0 Å². The molecule has 82 valence electrons. The topological polar surface area (TPSA) is 29.5 Å². The Balaban J connectivity index is 2.65. The average molecular weight is 199 g/mol. The van der Waals surface area contributed by atoms with Gasteiger partial charge in [0.2, 0.25) is 0 Å². The number of nitrogens with zero attached hydrogens (tertiary/aromatic N) is 1. The Morgan fingerprint density at radius 1 is 1.50 bits per heavy atom. The molecule has 0 aromatic heterocycles. The Hall–Kier alpha value is -0.410. The molecule has 3 heteroatoms. The fourth-order valence-electron chi connectivity index (χ4n) is 1.69. The summed E-state index contributed by atoms with van der Waals surface area (Å²) in [5.41, 5.74) is 0.0572. The average Bonchev–Trinajstić information content (AvgIpc) is 2.25. The van der Waals surface area contributed by atoms with E-state index < -0.39 is 0 Å². The first-order valence-corrected chi connectivity index (χ1v) is 5.34. The first kappa shape index (κ1) is 11.7. The van der Waals surface area contributed by atoms with Crippen molar-refractivity contribution in [1.29, 1.82) is 0 Å². The lowest BCUT2D eigenvalue weighted by Gasteiger charge is -2.33. The molecule has 1 fully saturated rings. The summed E-state index contributed by atoms with van der Waals surface area (Å²) in [6.07, 6.45) is 0.610. The molecule has 1 unspecified atom stereocenters. The minimum Gasteiger partial charge on any atom is -0.369 e. The number of hydrogen-bond acceptors (Lipinski definition) is 3. The van der Waals surface area contributed by atoms with Gasteiger partial charge in [-0.1, -0.05) is 6.92 Å². The zero-order valence-electron chi connectivity index (χ0n) is 9.67. The standard InChI is InChI=1S/C11H21NO2/c1-5-10-9(13)8-12(6-7-14-10)11(2,3)4/h10H,5-8H2,1-4H3. The molecule has 14 heavy (non-hydrogen) atoms. The summed E-state index contributed by atoms with van der Waals surface area (Å²) < 4.78 is 5.50. The summed E-state index contributed by atoms with van der Waals surface area (Å²) in [7, 11) is 0. The van der Waals surface area contributed by atoms with Gasteiger partial charge in [-0.2, -0.15) is 0 Å². The summed E-state index contributed by atoms with van der Waals surface area (Å²) >= 11 is 0. The van der Waals surface area contributed by atoms with Gasteiger partial charge in [0.15, 0.2) is 5.78 Å². The van der Waals surface area contributed by atoms with E-state index >= 15 is 0 Å². The van der Waals surface area contributed by atoms with Crippen molar-refractivity contribution in [1.82, 2.24) is 4.90 Å². The van der Waals surface area contributed by atoms with Gasteiger partial charge in [-0.3, -0.25) is 9.69 Å². The summed E-state index contributed by atoms with van der Waals surface area (Å²) in [6.45, 7) is 10.4. The number of hydrogen-bond donors (Lipinski definition) is 0. The lowest BCUT2D eigenvalue weighted by molar-refractivity contribution is -0.129. The van der Waals surface area contributed by atoms with Crippen LogP contribution >= 0.6 is 0 Å². The van der Waals surface area contributed by atoms with Gasteiger partial charge in [-0.15, -0.1) is 0 Å². The van der Waals surface area contributed by atoms with E-state index in [0.717, 1.165) is 13.0 Å². The number of carbonyl (C=O) groups excluding carboxylic acids is 1. The Labute approximate surface area is 86.4 Å². The molecule has 1 saturated heterocycles. The molecular weight excluding hydrogens is 178 g/mol. The predicted octanol–water partition coefficient (Wildman–Crippen LogP) is 1.46. The van der Waals surface area contributed by atoms with E-state index in [2.05, 4.69) is 25.7 Å². The van der Waals surface area contributed by atoms with E-state index in [9.17, 15) is 4.79 Å². The lowest BCUT2D eigenvalue weighted by Crippen LogP contribution is -2.45. The van der Waals surface area contributed by atoms with Crippen molar-refractivity contribution in [2.24, 2.45) is 0 Å². The molecule has 0 aromatic rings. The van der Waals surface area contributed by atoms with Gasteiger partial charge in [-0.25, -0.2) is 0 Å². The maximum atomic E-state index is 11.7. The molecule has 1 aliphatic rings. The summed E-state index contributed by atoms with van der Waals surface area (Å²) in [6, 6.07) is 0. The number of rotatable bonds is 1. The normalized spacial score (nSPS) is 26.3. The van der Waals surface area contributed by atoms with Crippen LogP contribution in [0.15, 0.2) is 0 Å². The maximum absolute atomic E-state index is 11.7. The fraction of sp³-hybridized carbons (Fsp3) is 0.909. The van der Waals surface area contributed by atoms with E-state index in [0.29, 0.717) is 13.2 Å². The number of Topliss-reactive ketones (excluding diaryl/α,β-unsaturated/α-hetero) is 1. The third-order valence-electron chi connectivity index (χ3n) is 2.71. The van der Waals surface area contributed by atoms with Crippen molar-refractivity contribution >= 4 is 5.78 Å². The van der Waals surface area contributed by atoms with Crippen molar-refractivity contribution in [3.63, 3.8) is 0 Å². The van der Waals surface area contributed by atoms with Crippen molar-refractivity contribution in [2.75, 3.05) is 19.7 Å². The second-order valence-electron chi connectivity index (χ2n) is 4.83. The van der Waals surface area contributed by atoms with E-state index in [1.807, 2.05) is 6.92 Å². The quantitative estimate of drug-likeness (QED) is 0.640. The summed E-state index contributed by atoms with van der Waals surface area (Å²) in [4.78, 5) is 13.9. The Kier molecular flexibility index (Phi) is 3.67. The highest BCUT2D eigenvalue weighted by atomic mass is 16.5. The van der Waals surface area contributed by atoms with Gasteiger partial charge < -0.3 is 4.74 Å². The van der Waals surface area contributed by atoms with Crippen molar-refractivity contribution in [3.05, 3.63) is 0 Å². The smallest absolute Gasteiger partial charge is 0.175 e. The third-order valence-corrected chi connectivity index (χ3v) is 2.71. The van der Waals surface area contributed by atoms with E-state index in [1.165, 1.54) is 0 Å². The largest absolute Gasteiger partial charge is 0.369 e. The molecule has 0 aromatic carbocycles. The fourth-order valence-corrected chi connectivity index (χ4v) is 1.69. The molecule has 0 spiro atoms. The van der Waals surface area contributed by atoms with Gasteiger partial charge in [0.05, 0.1) is 13.2 Å². The van der Waals surface area contributed by atoms with Crippen LogP contribution in [0.1, 0.15) is 34.1 Å². The molecule has 0 amide bonds. The predicted molar refractivity (Wildman–Crippen MR) is 56.4 cm³/mol. The van der Waals surface area contributed by atoms with Gasteiger partial charge in [0, 0.05) is 12.1 Å². The van der Waals surface area contributed by atoms with E-state index in [4.69, 9.17) is 4.74 Å². The first-order chi connectivity index (χ1) is 6.45. The van der Waals surface area contributed by atoms with Gasteiger partial charge in [0.25, 0.3) is 0 Å². The maximum Gasteiger partial charge on any atom is 0.175 e. The zero-order chi connectivity index (χ0) is 10.8. The minimum absolute atomic E-state index is 0.0572. The van der Waals surface area contributed by atoms with Crippen LogP contribution in [0.25, 0.3) is 0 Å². The second kappa shape index (κ2) is 4.41. The van der Waals surface area contributed by atoms with Gasteiger partial charge >= 0.3 is 0 Å². The van der Waals surface area contributed by atoms with Crippen LogP contribution in [0.2, 0.25) is 0 Å². The number of ether oxygens (including phenoxy) is 1. The lowest BCUT2D eigenvalue weighted by atomic mass is 10.0. The van der Waals surface area contributed by atoms with Gasteiger partial charge in [0.1, 0.15) is 6.10 Å². The molecule has 3 nitrogen and oxygen atoms in total. The van der Waals surface area contributed by atoms with Crippen molar-refractivity contribution < 1.29 is 9.53 Å². The van der Waals surface area contributed by atoms with Crippen LogP contribution in [0.3, 0.4) is 0 Å². The summed E-state index contributed by atoms with van der Waals surface area (Å²) in [5, 5.41) is 0. The third kappa shape index (κ3) is 2.79. The molecule has 0 radical (unpaired) electrons. The molecule has 0 aliphatic carbocycles. The molecule has 0 saturated carbocycles. The molecule has 1 atom stereocenters. The molecule has 0 bridgehead atoms. The Bertz CT molecular complexity index is 208. The second-order valence-corrected chi connectivity index (χ2v) is 4.83. The molecule has 1 aliphatic heterocycles. The Morgan fingerprint density at radius 3 is 2.64 bits per heavy atom. The van der Waals surface area contributed by atoms with E-state index in [-0.39, 0.29) is 17.4 Å².